The molecule has 1 aromatic heterocycles. The van der Waals surface area contributed by atoms with Gasteiger partial charge in [-0.25, -0.2) is 9.97 Å². The van der Waals surface area contributed by atoms with Crippen LogP contribution in [0, 0.1) is 0 Å². The molecule has 10 nitrogen and oxygen atoms in total. The van der Waals surface area contributed by atoms with Crippen LogP contribution in [-0.2, 0) is 18.9 Å². The molecular weight excluding hydrogens is 448 g/mol. The van der Waals surface area contributed by atoms with E-state index < -0.39 is 0 Å². The second-order valence-corrected chi connectivity index (χ2v) is 6.69. The van der Waals surface area contributed by atoms with E-state index in [0.717, 1.165) is 0 Å². The van der Waals surface area contributed by atoms with Crippen molar-refractivity contribution in [3.05, 3.63) is 16.0 Å². The lowest BCUT2D eigenvalue weighted by Crippen LogP contribution is -2.38. The maximum absolute atomic E-state index is 13.1. The third kappa shape index (κ3) is 7.94. The molecule has 0 radical (unpaired) electrons. The Bertz CT molecular complexity index is 633. The van der Waals surface area contributed by atoms with Crippen molar-refractivity contribution in [3.63, 3.8) is 0 Å². The lowest BCUT2D eigenvalue weighted by Gasteiger charge is -2.26. The summed E-state index contributed by atoms with van der Waals surface area (Å²) in [5, 5.41) is 0. The molecule has 0 atom stereocenters. The van der Waals surface area contributed by atoms with E-state index in [9.17, 15) is 9.59 Å². The summed E-state index contributed by atoms with van der Waals surface area (Å²) in [6.45, 7) is 3.22. The summed E-state index contributed by atoms with van der Waals surface area (Å²) < 4.78 is 20.7. The van der Waals surface area contributed by atoms with Gasteiger partial charge in [0.1, 0.15) is 10.3 Å². The number of nitrogens with zero attached hydrogens (tertiary/aromatic N) is 4. The number of hydrogen-bond donors (Lipinski definition) is 0. The highest BCUT2D eigenvalue weighted by Crippen LogP contribution is 2.22. The number of hydrogen-bond acceptors (Lipinski definition) is 9. The highest BCUT2D eigenvalue weighted by atomic mass is 79.9. The van der Waals surface area contributed by atoms with Gasteiger partial charge >= 0.3 is 0 Å². The van der Waals surface area contributed by atoms with E-state index in [-0.39, 0.29) is 21.9 Å². The van der Waals surface area contributed by atoms with Gasteiger partial charge < -0.3 is 28.7 Å². The molecule has 1 amide bonds. The van der Waals surface area contributed by atoms with Crippen molar-refractivity contribution >= 4 is 33.9 Å². The zero-order chi connectivity index (χ0) is 21.6. The van der Waals surface area contributed by atoms with Gasteiger partial charge in [0.05, 0.1) is 26.4 Å². The van der Waals surface area contributed by atoms with Gasteiger partial charge in [-0.05, 0) is 15.9 Å². The maximum atomic E-state index is 13.1. The fourth-order valence-corrected chi connectivity index (χ4v) is 2.91. The minimum Gasteiger partial charge on any atom is -0.383 e. The average Bonchev–Trinajstić information content (AvgIpc) is 2.73. The molecule has 0 aliphatic heterocycles. The normalized spacial score (nSPS) is 10.8. The molecule has 164 valence electrons. The average molecular weight is 477 g/mol. The number of rotatable bonds is 15. The van der Waals surface area contributed by atoms with Crippen molar-refractivity contribution in [1.29, 1.82) is 0 Å². The number of halogens is 1. The molecule has 0 fully saturated rings. The number of methoxy groups -OCH3 is 4. The van der Waals surface area contributed by atoms with Crippen molar-refractivity contribution in [1.82, 2.24) is 14.9 Å². The first kappa shape index (κ1) is 25.4. The molecule has 0 aromatic carbocycles. The van der Waals surface area contributed by atoms with Gasteiger partial charge in [0, 0.05) is 54.6 Å². The molecule has 1 aromatic rings. The molecule has 0 saturated carbocycles. The zero-order valence-corrected chi connectivity index (χ0v) is 18.9. The summed E-state index contributed by atoms with van der Waals surface area (Å²) in [5.41, 5.74) is 0.235. The van der Waals surface area contributed by atoms with E-state index in [1.807, 2.05) is 4.90 Å². The first-order chi connectivity index (χ1) is 14.0. The van der Waals surface area contributed by atoms with E-state index >= 15 is 0 Å². The van der Waals surface area contributed by atoms with Gasteiger partial charge in [-0.2, -0.15) is 0 Å². The van der Waals surface area contributed by atoms with Crippen LogP contribution in [0.4, 0.5) is 5.82 Å². The van der Waals surface area contributed by atoms with Gasteiger partial charge in [-0.3, -0.25) is 9.59 Å². The number of aldehydes is 1. The molecular formula is C18H29BrN4O6. The van der Waals surface area contributed by atoms with Gasteiger partial charge in [-0.15, -0.1) is 0 Å². The standard InChI is InChI=1S/C18H29BrN4O6/c1-26-9-5-22(6-10-27-2)17-14(13-24)20-16(19)15(21-17)18(25)23(7-11-28-3)8-12-29-4/h13H,5-12H2,1-4H3. The lowest BCUT2D eigenvalue weighted by atomic mass is 10.3. The zero-order valence-electron chi connectivity index (χ0n) is 17.4. The number of carbonyl (C=O) groups excluding carboxylic acids is 2. The number of anilines is 1. The van der Waals surface area contributed by atoms with Crippen LogP contribution in [0.5, 0.6) is 0 Å². The SMILES string of the molecule is COCCN(CCOC)C(=O)c1nc(N(CCOC)CCOC)c(C=O)nc1Br. The molecule has 0 spiro atoms. The highest BCUT2D eigenvalue weighted by Gasteiger charge is 2.25. The molecule has 0 bridgehead atoms. The molecule has 0 N–H and O–H groups in total. The largest absolute Gasteiger partial charge is 0.383 e. The predicted molar refractivity (Wildman–Crippen MR) is 111 cm³/mol. The molecule has 0 saturated heterocycles. The van der Waals surface area contributed by atoms with Crippen molar-refractivity contribution in [3.8, 4) is 0 Å². The summed E-state index contributed by atoms with van der Waals surface area (Å²) in [4.78, 5) is 36.8. The third-order valence-corrected chi connectivity index (χ3v) is 4.58. The number of aromatic nitrogens is 2. The summed E-state index contributed by atoms with van der Waals surface area (Å²) in [5.74, 6) is -0.0327. The number of amides is 1. The Morgan fingerprint density at radius 1 is 0.897 bits per heavy atom. The van der Waals surface area contributed by atoms with Gasteiger partial charge in [0.15, 0.2) is 17.8 Å². The van der Waals surface area contributed by atoms with Crippen LogP contribution in [-0.4, -0.2) is 108 Å². The fraction of sp³-hybridized carbons (Fsp3) is 0.667. The first-order valence-corrected chi connectivity index (χ1v) is 9.85. The summed E-state index contributed by atoms with van der Waals surface area (Å²) in [6.07, 6.45) is 0.613. The van der Waals surface area contributed by atoms with Crippen LogP contribution < -0.4 is 4.90 Å². The maximum Gasteiger partial charge on any atom is 0.275 e. The molecule has 1 heterocycles. The Kier molecular flexibility index (Phi) is 12.6. The molecule has 0 aliphatic carbocycles. The Labute approximate surface area is 179 Å². The van der Waals surface area contributed by atoms with Crippen LogP contribution >= 0.6 is 15.9 Å². The van der Waals surface area contributed by atoms with Crippen LogP contribution in [0.15, 0.2) is 4.60 Å². The second kappa shape index (κ2) is 14.3. The summed E-state index contributed by atoms with van der Waals surface area (Å²) in [7, 11) is 6.30. The Morgan fingerprint density at radius 2 is 1.38 bits per heavy atom. The van der Waals surface area contributed by atoms with Crippen molar-refractivity contribution in [2.45, 2.75) is 0 Å². The van der Waals surface area contributed by atoms with Crippen molar-refractivity contribution < 1.29 is 28.5 Å². The monoisotopic (exact) mass is 476 g/mol. The van der Waals surface area contributed by atoms with E-state index in [1.54, 1.807) is 33.3 Å². The third-order valence-electron chi connectivity index (χ3n) is 4.02. The van der Waals surface area contributed by atoms with E-state index in [0.29, 0.717) is 64.7 Å². The molecule has 0 aliphatic rings. The molecule has 11 heteroatoms. The van der Waals surface area contributed by atoms with Gasteiger partial charge in [0.25, 0.3) is 5.91 Å². The molecule has 29 heavy (non-hydrogen) atoms. The van der Waals surface area contributed by atoms with E-state index in [4.69, 9.17) is 18.9 Å². The lowest BCUT2D eigenvalue weighted by molar-refractivity contribution is 0.0620. The minimum absolute atomic E-state index is 0.109. The molecule has 0 unspecified atom stereocenters. The minimum atomic E-state index is -0.337. The molecule has 1 rings (SSSR count). The summed E-state index contributed by atoms with van der Waals surface area (Å²) in [6, 6.07) is 0. The van der Waals surface area contributed by atoms with Gasteiger partial charge in [-0.1, -0.05) is 0 Å². The van der Waals surface area contributed by atoms with Crippen LogP contribution in [0.1, 0.15) is 21.0 Å². The summed E-state index contributed by atoms with van der Waals surface area (Å²) >= 11 is 3.27. The Balaban J connectivity index is 3.29. The smallest absolute Gasteiger partial charge is 0.275 e. The van der Waals surface area contributed by atoms with E-state index in [1.165, 1.54) is 0 Å². The van der Waals surface area contributed by atoms with Crippen LogP contribution in [0.25, 0.3) is 0 Å². The first-order valence-electron chi connectivity index (χ1n) is 9.06. The van der Waals surface area contributed by atoms with Crippen molar-refractivity contribution in [2.24, 2.45) is 0 Å². The second-order valence-electron chi connectivity index (χ2n) is 5.94. The predicted octanol–water partition coefficient (Wildman–Crippen LogP) is 0.886. The topological polar surface area (TPSA) is 103 Å². The quantitative estimate of drug-likeness (QED) is 0.341. The van der Waals surface area contributed by atoms with E-state index in [2.05, 4.69) is 25.9 Å². The van der Waals surface area contributed by atoms with Gasteiger partial charge in [0.2, 0.25) is 0 Å². The highest BCUT2D eigenvalue weighted by molar-refractivity contribution is 9.10. The Hall–Kier alpha value is -1.66. The van der Waals surface area contributed by atoms with Crippen molar-refractivity contribution in [2.75, 3.05) is 85.9 Å². The Morgan fingerprint density at radius 3 is 1.83 bits per heavy atom. The van der Waals surface area contributed by atoms with Crippen LogP contribution in [0.3, 0.4) is 0 Å². The number of ether oxygens (including phenoxy) is 4. The van der Waals surface area contributed by atoms with Crippen LogP contribution in [0.2, 0.25) is 0 Å². The fourth-order valence-electron chi connectivity index (χ4n) is 2.46. The number of carbonyl (C=O) groups is 2.